The summed E-state index contributed by atoms with van der Waals surface area (Å²) in [6.07, 6.45) is 3.13. The second kappa shape index (κ2) is 3.84. The van der Waals surface area contributed by atoms with Crippen LogP contribution in [0.15, 0.2) is 0 Å². The lowest BCUT2D eigenvalue weighted by Gasteiger charge is -2.36. The SMILES string of the molecule is CN1CCC2(CC1)CNC(=O)C2.Cl. The van der Waals surface area contributed by atoms with E-state index >= 15 is 0 Å². The molecule has 0 unspecified atom stereocenters. The average Bonchev–Trinajstić information content (AvgIpc) is 2.40. The van der Waals surface area contributed by atoms with Gasteiger partial charge in [-0.2, -0.15) is 0 Å². The van der Waals surface area contributed by atoms with E-state index in [1.807, 2.05) is 0 Å². The van der Waals surface area contributed by atoms with Crippen LogP contribution >= 0.6 is 12.4 Å². The van der Waals surface area contributed by atoms with Gasteiger partial charge in [0.25, 0.3) is 0 Å². The van der Waals surface area contributed by atoms with Crippen LogP contribution in [-0.2, 0) is 4.79 Å². The zero-order valence-electron chi connectivity index (χ0n) is 8.01. The van der Waals surface area contributed by atoms with Gasteiger partial charge in [-0.25, -0.2) is 0 Å². The van der Waals surface area contributed by atoms with Crippen molar-refractivity contribution in [2.45, 2.75) is 19.3 Å². The maximum atomic E-state index is 11.1. The normalized spacial score (nSPS) is 27.0. The Morgan fingerprint density at radius 1 is 1.38 bits per heavy atom. The quantitative estimate of drug-likeness (QED) is 0.628. The molecule has 13 heavy (non-hydrogen) atoms. The molecular weight excluding hydrogens is 188 g/mol. The van der Waals surface area contributed by atoms with Crippen molar-refractivity contribution < 1.29 is 4.79 Å². The zero-order chi connectivity index (χ0) is 8.60. The molecule has 2 aliphatic rings. The smallest absolute Gasteiger partial charge is 0.220 e. The number of nitrogens with zero attached hydrogens (tertiary/aromatic N) is 1. The highest BCUT2D eigenvalue weighted by molar-refractivity contribution is 5.85. The fraction of sp³-hybridized carbons (Fsp3) is 0.889. The van der Waals surface area contributed by atoms with Gasteiger partial charge in [0.15, 0.2) is 0 Å². The molecule has 0 aromatic rings. The molecule has 0 bridgehead atoms. The van der Waals surface area contributed by atoms with Crippen molar-refractivity contribution in [1.82, 2.24) is 10.2 Å². The molecule has 0 aliphatic carbocycles. The number of amides is 1. The molecule has 0 atom stereocenters. The van der Waals surface area contributed by atoms with E-state index in [-0.39, 0.29) is 18.3 Å². The summed E-state index contributed by atoms with van der Waals surface area (Å²) in [5, 5.41) is 2.94. The first kappa shape index (κ1) is 10.8. The molecule has 2 aliphatic heterocycles. The summed E-state index contributed by atoms with van der Waals surface area (Å²) in [5.74, 6) is 0.250. The van der Waals surface area contributed by atoms with Crippen LogP contribution in [0.4, 0.5) is 0 Å². The molecule has 1 N–H and O–H groups in total. The molecule has 1 spiro atoms. The Hall–Kier alpha value is -0.280. The Balaban J connectivity index is 0.000000845. The van der Waals surface area contributed by atoms with Crippen LogP contribution in [0.1, 0.15) is 19.3 Å². The van der Waals surface area contributed by atoms with E-state index in [0.717, 1.165) is 26.1 Å². The topological polar surface area (TPSA) is 32.3 Å². The number of carbonyl (C=O) groups is 1. The molecule has 76 valence electrons. The summed E-state index contributed by atoms with van der Waals surface area (Å²) in [7, 11) is 2.15. The van der Waals surface area contributed by atoms with Crippen LogP contribution in [0.25, 0.3) is 0 Å². The first-order valence-electron chi connectivity index (χ1n) is 4.66. The predicted molar refractivity (Wildman–Crippen MR) is 54.0 cm³/mol. The van der Waals surface area contributed by atoms with E-state index in [4.69, 9.17) is 0 Å². The monoisotopic (exact) mass is 204 g/mol. The largest absolute Gasteiger partial charge is 0.356 e. The number of rotatable bonds is 0. The summed E-state index contributed by atoms with van der Waals surface area (Å²) in [6.45, 7) is 3.21. The fourth-order valence-corrected chi connectivity index (χ4v) is 2.20. The zero-order valence-corrected chi connectivity index (χ0v) is 8.82. The molecule has 0 radical (unpaired) electrons. The minimum atomic E-state index is 0. The van der Waals surface area contributed by atoms with Crippen molar-refractivity contribution in [2.24, 2.45) is 5.41 Å². The standard InChI is InChI=1S/C9H16N2O.ClH/c1-11-4-2-9(3-5-11)6-8(12)10-7-9;/h2-7H2,1H3,(H,10,12);1H. The van der Waals surface area contributed by atoms with Gasteiger partial charge in [-0.1, -0.05) is 0 Å². The highest BCUT2D eigenvalue weighted by Crippen LogP contribution is 2.36. The molecule has 2 rings (SSSR count). The number of piperidine rings is 1. The maximum absolute atomic E-state index is 11.1. The summed E-state index contributed by atoms with van der Waals surface area (Å²) in [6, 6.07) is 0. The van der Waals surface area contributed by atoms with Crippen LogP contribution in [0.2, 0.25) is 0 Å². The van der Waals surface area contributed by atoms with Crippen molar-refractivity contribution in [2.75, 3.05) is 26.7 Å². The Bertz CT molecular complexity index is 200. The number of carbonyl (C=O) groups excluding carboxylic acids is 1. The van der Waals surface area contributed by atoms with Crippen LogP contribution in [0, 0.1) is 5.41 Å². The molecule has 1 amide bonds. The first-order chi connectivity index (χ1) is 5.70. The van der Waals surface area contributed by atoms with Crippen LogP contribution in [-0.4, -0.2) is 37.5 Å². The van der Waals surface area contributed by atoms with Crippen LogP contribution in [0.5, 0.6) is 0 Å². The Kier molecular flexibility index (Phi) is 3.19. The summed E-state index contributed by atoms with van der Waals surface area (Å²) < 4.78 is 0. The predicted octanol–water partition coefficient (Wildman–Crippen LogP) is 0.640. The maximum Gasteiger partial charge on any atom is 0.220 e. The summed E-state index contributed by atoms with van der Waals surface area (Å²) >= 11 is 0. The van der Waals surface area contributed by atoms with Crippen molar-refractivity contribution in [3.63, 3.8) is 0 Å². The molecule has 0 aromatic carbocycles. The molecule has 2 fully saturated rings. The van der Waals surface area contributed by atoms with Crippen molar-refractivity contribution in [3.8, 4) is 0 Å². The van der Waals surface area contributed by atoms with E-state index in [0.29, 0.717) is 5.41 Å². The first-order valence-corrected chi connectivity index (χ1v) is 4.66. The Labute approximate surface area is 85.3 Å². The molecule has 4 heteroatoms. The minimum absolute atomic E-state index is 0. The minimum Gasteiger partial charge on any atom is -0.356 e. The number of nitrogens with one attached hydrogen (secondary N) is 1. The highest BCUT2D eigenvalue weighted by atomic mass is 35.5. The Morgan fingerprint density at radius 2 is 2.00 bits per heavy atom. The van der Waals surface area contributed by atoms with Crippen molar-refractivity contribution in [1.29, 1.82) is 0 Å². The Morgan fingerprint density at radius 3 is 2.46 bits per heavy atom. The molecule has 2 heterocycles. The molecule has 0 saturated carbocycles. The van der Waals surface area contributed by atoms with Gasteiger partial charge >= 0.3 is 0 Å². The van der Waals surface area contributed by atoms with E-state index in [9.17, 15) is 4.79 Å². The summed E-state index contributed by atoms with van der Waals surface area (Å²) in [4.78, 5) is 13.4. The highest BCUT2D eigenvalue weighted by Gasteiger charge is 2.39. The van der Waals surface area contributed by atoms with E-state index in [1.165, 1.54) is 12.8 Å². The van der Waals surface area contributed by atoms with Gasteiger partial charge in [0, 0.05) is 13.0 Å². The third kappa shape index (κ3) is 2.15. The number of likely N-dealkylation sites (tertiary alicyclic amines) is 1. The van der Waals surface area contributed by atoms with Gasteiger partial charge < -0.3 is 10.2 Å². The van der Waals surface area contributed by atoms with Gasteiger partial charge in [-0.05, 0) is 38.4 Å². The second-order valence-corrected chi connectivity index (χ2v) is 4.26. The van der Waals surface area contributed by atoms with Crippen LogP contribution in [0.3, 0.4) is 0 Å². The third-order valence-electron chi connectivity index (χ3n) is 3.24. The van der Waals surface area contributed by atoms with Gasteiger partial charge in [0.1, 0.15) is 0 Å². The molecule has 2 saturated heterocycles. The van der Waals surface area contributed by atoms with Crippen LogP contribution < -0.4 is 5.32 Å². The van der Waals surface area contributed by atoms with Gasteiger partial charge in [0.2, 0.25) is 5.91 Å². The number of halogens is 1. The molecule has 3 nitrogen and oxygen atoms in total. The third-order valence-corrected chi connectivity index (χ3v) is 3.24. The van der Waals surface area contributed by atoms with Gasteiger partial charge in [-0.3, -0.25) is 4.79 Å². The summed E-state index contributed by atoms with van der Waals surface area (Å²) in [5.41, 5.74) is 0.323. The fourth-order valence-electron chi connectivity index (χ4n) is 2.20. The molecule has 0 aromatic heterocycles. The average molecular weight is 205 g/mol. The lowest BCUT2D eigenvalue weighted by Crippen LogP contribution is -2.39. The lowest BCUT2D eigenvalue weighted by molar-refractivity contribution is -0.119. The van der Waals surface area contributed by atoms with Crippen molar-refractivity contribution >= 4 is 18.3 Å². The van der Waals surface area contributed by atoms with E-state index in [1.54, 1.807) is 0 Å². The molecular formula is C9H17ClN2O. The number of hydrogen-bond donors (Lipinski definition) is 1. The van der Waals surface area contributed by atoms with E-state index in [2.05, 4.69) is 17.3 Å². The van der Waals surface area contributed by atoms with E-state index < -0.39 is 0 Å². The van der Waals surface area contributed by atoms with Gasteiger partial charge in [-0.15, -0.1) is 12.4 Å². The van der Waals surface area contributed by atoms with Gasteiger partial charge in [0.05, 0.1) is 0 Å². The number of hydrogen-bond acceptors (Lipinski definition) is 2. The van der Waals surface area contributed by atoms with Crippen molar-refractivity contribution in [3.05, 3.63) is 0 Å². The second-order valence-electron chi connectivity index (χ2n) is 4.26. The lowest BCUT2D eigenvalue weighted by atomic mass is 9.78.